The molecular weight excluding hydrogens is 328 g/mol. The number of amides is 1. The molecule has 1 amide bonds. The summed E-state index contributed by atoms with van der Waals surface area (Å²) in [6, 6.07) is 21.5. The van der Waals surface area contributed by atoms with E-state index in [0.29, 0.717) is 6.54 Å². The first-order valence-corrected chi connectivity index (χ1v) is 8.48. The van der Waals surface area contributed by atoms with E-state index in [9.17, 15) is 9.59 Å². The predicted molar refractivity (Wildman–Crippen MR) is 98.2 cm³/mol. The number of carbonyl (C=O) groups excluding carboxylic acids is 2. The summed E-state index contributed by atoms with van der Waals surface area (Å²) >= 11 is 0. The number of esters is 1. The number of carbonyl (C=O) groups is 2. The smallest absolute Gasteiger partial charge is 0.307 e. The fourth-order valence-electron chi connectivity index (χ4n) is 2.62. The zero-order chi connectivity index (χ0) is 18.8. The van der Waals surface area contributed by atoms with E-state index in [1.54, 1.807) is 7.05 Å². The molecule has 26 heavy (non-hydrogen) atoms. The lowest BCUT2D eigenvalue weighted by Crippen LogP contribution is -2.32. The van der Waals surface area contributed by atoms with Crippen LogP contribution in [0.2, 0.25) is 0 Å². The van der Waals surface area contributed by atoms with Crippen LogP contribution in [0.5, 0.6) is 0 Å². The van der Waals surface area contributed by atoms with Crippen molar-refractivity contribution < 1.29 is 14.3 Å². The van der Waals surface area contributed by atoms with Crippen molar-refractivity contribution in [1.29, 1.82) is 5.26 Å². The number of hydrogen-bond acceptors (Lipinski definition) is 4. The third-order valence-electron chi connectivity index (χ3n) is 4.12. The molecule has 0 saturated carbocycles. The van der Waals surface area contributed by atoms with Gasteiger partial charge >= 0.3 is 5.97 Å². The highest BCUT2D eigenvalue weighted by atomic mass is 16.5. The maximum atomic E-state index is 12.3. The molecule has 2 aromatic carbocycles. The fourth-order valence-corrected chi connectivity index (χ4v) is 2.62. The summed E-state index contributed by atoms with van der Waals surface area (Å²) < 4.78 is 5.17. The maximum Gasteiger partial charge on any atom is 0.307 e. The molecule has 0 heterocycles. The molecule has 0 aliphatic rings. The van der Waals surface area contributed by atoms with Crippen molar-refractivity contribution in [1.82, 2.24) is 4.90 Å². The standard InChI is InChI=1S/C21H22N2O3/c1-23(14-8-13-22)20(24)16-26-21(25)15-19(17-9-4-2-5-10-17)18-11-6-3-7-12-18/h2-7,9-12,19H,8,14-16H2,1H3. The first kappa shape index (κ1) is 19.2. The van der Waals surface area contributed by atoms with Crippen LogP contribution in [0, 0.1) is 11.3 Å². The van der Waals surface area contributed by atoms with Crippen molar-refractivity contribution >= 4 is 11.9 Å². The van der Waals surface area contributed by atoms with Gasteiger partial charge < -0.3 is 9.64 Å². The molecule has 0 aromatic heterocycles. The number of benzene rings is 2. The molecule has 0 spiro atoms. The van der Waals surface area contributed by atoms with E-state index < -0.39 is 5.97 Å². The average Bonchev–Trinajstić information content (AvgIpc) is 2.69. The van der Waals surface area contributed by atoms with Gasteiger partial charge in [-0.3, -0.25) is 9.59 Å². The number of hydrogen-bond donors (Lipinski definition) is 0. The number of nitrogens with zero attached hydrogens (tertiary/aromatic N) is 2. The van der Waals surface area contributed by atoms with Gasteiger partial charge in [-0.15, -0.1) is 0 Å². The highest BCUT2D eigenvalue weighted by Gasteiger charge is 2.20. The van der Waals surface area contributed by atoms with Crippen molar-refractivity contribution in [2.75, 3.05) is 20.2 Å². The lowest BCUT2D eigenvalue weighted by Gasteiger charge is -2.18. The van der Waals surface area contributed by atoms with Crippen LogP contribution in [0.3, 0.4) is 0 Å². The van der Waals surface area contributed by atoms with Gasteiger partial charge in [0, 0.05) is 19.5 Å². The second kappa shape index (κ2) is 10.00. The third-order valence-corrected chi connectivity index (χ3v) is 4.12. The molecule has 5 heteroatoms. The van der Waals surface area contributed by atoms with Crippen LogP contribution in [-0.2, 0) is 14.3 Å². The van der Waals surface area contributed by atoms with Gasteiger partial charge in [0.05, 0.1) is 18.9 Å². The van der Waals surface area contributed by atoms with E-state index in [1.807, 2.05) is 66.7 Å². The SMILES string of the molecule is CN(CCC#N)C(=O)COC(=O)CC(c1ccccc1)c1ccccc1. The zero-order valence-electron chi connectivity index (χ0n) is 14.8. The summed E-state index contributed by atoms with van der Waals surface area (Å²) in [5.74, 6) is -0.870. The van der Waals surface area contributed by atoms with Crippen LogP contribution in [0.25, 0.3) is 0 Å². The van der Waals surface area contributed by atoms with Crippen molar-refractivity contribution in [3.05, 3.63) is 71.8 Å². The van der Waals surface area contributed by atoms with E-state index in [1.165, 1.54) is 4.90 Å². The average molecular weight is 350 g/mol. The molecule has 5 nitrogen and oxygen atoms in total. The minimum Gasteiger partial charge on any atom is -0.456 e. The van der Waals surface area contributed by atoms with Gasteiger partial charge in [-0.05, 0) is 11.1 Å². The molecule has 2 rings (SSSR count). The van der Waals surface area contributed by atoms with E-state index in [-0.39, 0.29) is 31.3 Å². The molecule has 0 aliphatic heterocycles. The van der Waals surface area contributed by atoms with Crippen LogP contribution in [0.1, 0.15) is 29.9 Å². The Labute approximate surface area is 153 Å². The summed E-state index contributed by atoms with van der Waals surface area (Å²) in [5.41, 5.74) is 2.04. The summed E-state index contributed by atoms with van der Waals surface area (Å²) in [7, 11) is 1.59. The van der Waals surface area contributed by atoms with Gasteiger partial charge in [-0.2, -0.15) is 5.26 Å². The molecule has 0 saturated heterocycles. The van der Waals surface area contributed by atoms with E-state index in [4.69, 9.17) is 10.00 Å². The Morgan fingerprint density at radius 1 is 1.04 bits per heavy atom. The molecule has 0 N–H and O–H groups in total. The first-order valence-electron chi connectivity index (χ1n) is 8.48. The fraction of sp³-hybridized carbons (Fsp3) is 0.286. The monoisotopic (exact) mass is 350 g/mol. The van der Waals surface area contributed by atoms with Crippen LogP contribution in [-0.4, -0.2) is 37.0 Å². The number of nitriles is 1. The second-order valence-corrected chi connectivity index (χ2v) is 5.96. The topological polar surface area (TPSA) is 70.4 Å². The van der Waals surface area contributed by atoms with E-state index >= 15 is 0 Å². The molecule has 0 aliphatic carbocycles. The van der Waals surface area contributed by atoms with Crippen molar-refractivity contribution in [2.24, 2.45) is 0 Å². The van der Waals surface area contributed by atoms with Gasteiger partial charge in [0.2, 0.25) is 0 Å². The lowest BCUT2D eigenvalue weighted by molar-refractivity contribution is -0.151. The Morgan fingerprint density at radius 3 is 2.08 bits per heavy atom. The second-order valence-electron chi connectivity index (χ2n) is 5.96. The number of likely N-dealkylation sites (N-methyl/N-ethyl adjacent to an activating group) is 1. The number of rotatable bonds is 8. The minimum atomic E-state index is -0.426. The van der Waals surface area contributed by atoms with Crippen molar-refractivity contribution in [3.63, 3.8) is 0 Å². The molecule has 0 radical (unpaired) electrons. The normalized spacial score (nSPS) is 10.2. The molecule has 0 fully saturated rings. The molecule has 0 unspecified atom stereocenters. The van der Waals surface area contributed by atoms with Gasteiger partial charge in [0.25, 0.3) is 5.91 Å². The minimum absolute atomic E-state index is 0.128. The van der Waals surface area contributed by atoms with Crippen LogP contribution in [0.4, 0.5) is 0 Å². The van der Waals surface area contributed by atoms with E-state index in [2.05, 4.69) is 0 Å². The molecule has 134 valence electrons. The predicted octanol–water partition coefficient (Wildman–Crippen LogP) is 3.12. The Bertz CT molecular complexity index is 714. The van der Waals surface area contributed by atoms with E-state index in [0.717, 1.165) is 11.1 Å². The van der Waals surface area contributed by atoms with Crippen LogP contribution < -0.4 is 0 Å². The lowest BCUT2D eigenvalue weighted by atomic mass is 9.89. The summed E-state index contributed by atoms with van der Waals surface area (Å²) in [4.78, 5) is 25.6. The number of ether oxygens (including phenoxy) is 1. The van der Waals surface area contributed by atoms with Crippen LogP contribution >= 0.6 is 0 Å². The third kappa shape index (κ3) is 5.75. The molecule has 0 bridgehead atoms. The Kier molecular flexibility index (Phi) is 7.38. The Morgan fingerprint density at radius 2 is 1.58 bits per heavy atom. The van der Waals surface area contributed by atoms with Crippen molar-refractivity contribution in [3.8, 4) is 6.07 Å². The molecule has 2 aromatic rings. The zero-order valence-corrected chi connectivity index (χ0v) is 14.8. The van der Waals surface area contributed by atoms with Crippen molar-refractivity contribution in [2.45, 2.75) is 18.8 Å². The first-order chi connectivity index (χ1) is 12.6. The largest absolute Gasteiger partial charge is 0.456 e. The Balaban J connectivity index is 1.99. The molecular formula is C21H22N2O3. The van der Waals surface area contributed by atoms with Gasteiger partial charge in [0.15, 0.2) is 6.61 Å². The molecule has 0 atom stereocenters. The van der Waals surface area contributed by atoms with Gasteiger partial charge in [-0.1, -0.05) is 60.7 Å². The summed E-state index contributed by atoms with van der Waals surface area (Å²) in [6.45, 7) is 0.0145. The highest BCUT2D eigenvalue weighted by molar-refractivity contribution is 5.80. The quantitative estimate of drug-likeness (QED) is 0.686. The summed E-state index contributed by atoms with van der Waals surface area (Å²) in [5, 5.41) is 8.56. The highest BCUT2D eigenvalue weighted by Crippen LogP contribution is 2.28. The van der Waals surface area contributed by atoms with Gasteiger partial charge in [-0.25, -0.2) is 0 Å². The van der Waals surface area contributed by atoms with Gasteiger partial charge in [0.1, 0.15) is 0 Å². The summed E-state index contributed by atoms with van der Waals surface area (Å²) in [6.07, 6.45) is 0.406. The van der Waals surface area contributed by atoms with Crippen LogP contribution in [0.15, 0.2) is 60.7 Å². The Hall–Kier alpha value is -3.13. The maximum absolute atomic E-state index is 12.3.